The molecule has 0 aliphatic rings. The lowest BCUT2D eigenvalue weighted by molar-refractivity contribution is 0.280. The maximum atomic E-state index is 9.00. The number of hydrogen-bond donors (Lipinski definition) is 1. The molecular formula is C13H12ClN3O2. The van der Waals surface area contributed by atoms with Crippen LogP contribution in [0.15, 0.2) is 34.9 Å². The van der Waals surface area contributed by atoms with Gasteiger partial charge in [-0.15, -0.1) is 0 Å². The number of rotatable bonds is 4. The van der Waals surface area contributed by atoms with Gasteiger partial charge in [-0.05, 0) is 42.3 Å². The predicted octanol–water partition coefficient (Wildman–Crippen LogP) is 2.73. The fourth-order valence-electron chi connectivity index (χ4n) is 2.02. The van der Waals surface area contributed by atoms with Crippen LogP contribution in [0.2, 0.25) is 5.22 Å². The second-order valence-electron chi connectivity index (χ2n) is 4.11. The molecule has 0 spiro atoms. The van der Waals surface area contributed by atoms with Crippen LogP contribution in [0.5, 0.6) is 0 Å². The molecule has 0 atom stereocenters. The number of hydrogen-bond acceptors (Lipinski definition) is 4. The molecule has 3 aromatic rings. The van der Waals surface area contributed by atoms with Gasteiger partial charge in [-0.2, -0.15) is 0 Å². The molecule has 6 heteroatoms. The molecule has 5 nitrogen and oxygen atoms in total. The standard InChI is InChI=1S/C13H12ClN3O2/c14-11-5-4-10(19-11)13-16-9-3-1-6-15-12(9)17(13)7-2-8-18/h1,3-6,18H,2,7-8H2. The Labute approximate surface area is 114 Å². The van der Waals surface area contributed by atoms with Crippen LogP contribution in [0, 0.1) is 0 Å². The number of nitrogens with zero attached hydrogens (tertiary/aromatic N) is 3. The zero-order valence-corrected chi connectivity index (χ0v) is 10.8. The lowest BCUT2D eigenvalue weighted by atomic mass is 10.4. The van der Waals surface area contributed by atoms with Crippen molar-refractivity contribution in [3.8, 4) is 11.6 Å². The van der Waals surface area contributed by atoms with Crippen molar-refractivity contribution in [3.63, 3.8) is 0 Å². The van der Waals surface area contributed by atoms with Gasteiger partial charge < -0.3 is 14.1 Å². The van der Waals surface area contributed by atoms with E-state index < -0.39 is 0 Å². The van der Waals surface area contributed by atoms with Crippen molar-refractivity contribution in [2.45, 2.75) is 13.0 Å². The van der Waals surface area contributed by atoms with E-state index in [1.807, 2.05) is 16.7 Å². The smallest absolute Gasteiger partial charge is 0.194 e. The number of aliphatic hydroxyl groups is 1. The highest BCUT2D eigenvalue weighted by molar-refractivity contribution is 6.28. The number of aliphatic hydroxyl groups excluding tert-OH is 1. The number of imidazole rings is 1. The van der Waals surface area contributed by atoms with Gasteiger partial charge in [0.2, 0.25) is 0 Å². The van der Waals surface area contributed by atoms with E-state index in [0.29, 0.717) is 29.8 Å². The molecule has 3 rings (SSSR count). The molecule has 0 aliphatic carbocycles. The molecule has 3 heterocycles. The molecule has 0 aliphatic heterocycles. The van der Waals surface area contributed by atoms with Crippen LogP contribution in [-0.4, -0.2) is 26.2 Å². The molecule has 0 amide bonds. The van der Waals surface area contributed by atoms with Gasteiger partial charge in [0.1, 0.15) is 5.52 Å². The number of fused-ring (bicyclic) bond motifs is 1. The molecule has 0 aromatic carbocycles. The maximum absolute atomic E-state index is 9.00. The van der Waals surface area contributed by atoms with Crippen LogP contribution in [0.1, 0.15) is 6.42 Å². The summed E-state index contributed by atoms with van der Waals surface area (Å²) in [6.07, 6.45) is 2.35. The summed E-state index contributed by atoms with van der Waals surface area (Å²) >= 11 is 5.81. The monoisotopic (exact) mass is 277 g/mol. The minimum Gasteiger partial charge on any atom is -0.441 e. The Morgan fingerprint density at radius 2 is 2.21 bits per heavy atom. The second-order valence-corrected chi connectivity index (χ2v) is 4.49. The summed E-state index contributed by atoms with van der Waals surface area (Å²) in [6.45, 7) is 0.739. The average Bonchev–Trinajstić information content (AvgIpc) is 3.00. The third-order valence-corrected chi connectivity index (χ3v) is 3.04. The van der Waals surface area contributed by atoms with E-state index in [9.17, 15) is 0 Å². The number of furan rings is 1. The fourth-order valence-corrected chi connectivity index (χ4v) is 2.17. The lowest BCUT2D eigenvalue weighted by Crippen LogP contribution is -2.03. The summed E-state index contributed by atoms with van der Waals surface area (Å²) in [5, 5.41) is 9.33. The van der Waals surface area contributed by atoms with E-state index in [1.165, 1.54) is 0 Å². The largest absolute Gasteiger partial charge is 0.441 e. The van der Waals surface area contributed by atoms with Crippen molar-refractivity contribution in [2.75, 3.05) is 6.61 Å². The number of aryl methyl sites for hydroxylation is 1. The molecule has 0 unspecified atom stereocenters. The Kier molecular flexibility index (Phi) is 3.23. The van der Waals surface area contributed by atoms with Crippen molar-refractivity contribution >= 4 is 22.8 Å². The first-order valence-corrected chi connectivity index (χ1v) is 6.35. The van der Waals surface area contributed by atoms with Crippen molar-refractivity contribution in [1.82, 2.24) is 14.5 Å². The van der Waals surface area contributed by atoms with Gasteiger partial charge in [-0.3, -0.25) is 0 Å². The summed E-state index contributed by atoms with van der Waals surface area (Å²) in [7, 11) is 0. The van der Waals surface area contributed by atoms with Crippen molar-refractivity contribution < 1.29 is 9.52 Å². The van der Waals surface area contributed by atoms with Crippen molar-refractivity contribution in [3.05, 3.63) is 35.7 Å². The zero-order chi connectivity index (χ0) is 13.2. The first-order valence-electron chi connectivity index (χ1n) is 5.97. The van der Waals surface area contributed by atoms with Gasteiger partial charge in [-0.25, -0.2) is 9.97 Å². The minimum atomic E-state index is 0.116. The topological polar surface area (TPSA) is 64.1 Å². The van der Waals surface area contributed by atoms with Gasteiger partial charge >= 0.3 is 0 Å². The van der Waals surface area contributed by atoms with E-state index >= 15 is 0 Å². The SMILES string of the molecule is OCCCn1c(-c2ccc(Cl)o2)nc2cccnc21. The summed E-state index contributed by atoms with van der Waals surface area (Å²) in [5.41, 5.74) is 1.57. The lowest BCUT2D eigenvalue weighted by Gasteiger charge is -2.05. The molecule has 0 saturated heterocycles. The molecule has 3 aromatic heterocycles. The van der Waals surface area contributed by atoms with Crippen LogP contribution in [0.25, 0.3) is 22.7 Å². The number of aromatic nitrogens is 3. The van der Waals surface area contributed by atoms with E-state index in [1.54, 1.807) is 18.3 Å². The zero-order valence-electron chi connectivity index (χ0n) is 10.1. The Bertz CT molecular complexity index is 705. The third-order valence-electron chi connectivity index (χ3n) is 2.84. The molecule has 98 valence electrons. The highest BCUT2D eigenvalue weighted by atomic mass is 35.5. The molecule has 1 N–H and O–H groups in total. The Hall–Kier alpha value is -1.85. The van der Waals surface area contributed by atoms with Crippen LogP contribution in [0.4, 0.5) is 0 Å². The summed E-state index contributed by atoms with van der Waals surface area (Å²) < 4.78 is 7.34. The summed E-state index contributed by atoms with van der Waals surface area (Å²) in [4.78, 5) is 8.85. The van der Waals surface area contributed by atoms with Gasteiger partial charge in [0.05, 0.1) is 0 Å². The van der Waals surface area contributed by atoms with Crippen LogP contribution in [0.3, 0.4) is 0 Å². The minimum absolute atomic E-state index is 0.116. The second kappa shape index (κ2) is 5.03. The number of pyridine rings is 1. The fraction of sp³-hybridized carbons (Fsp3) is 0.231. The third kappa shape index (κ3) is 2.22. The average molecular weight is 278 g/mol. The Morgan fingerprint density at radius 3 is 2.95 bits per heavy atom. The van der Waals surface area contributed by atoms with Gasteiger partial charge in [0, 0.05) is 19.3 Å². The molecule has 0 radical (unpaired) electrons. The van der Waals surface area contributed by atoms with Gasteiger partial charge in [0.15, 0.2) is 22.5 Å². The quantitative estimate of drug-likeness (QED) is 0.796. The Balaban J connectivity index is 2.16. The summed E-state index contributed by atoms with van der Waals surface area (Å²) in [6, 6.07) is 7.19. The first kappa shape index (κ1) is 12.2. The van der Waals surface area contributed by atoms with Crippen molar-refractivity contribution in [2.24, 2.45) is 0 Å². The van der Waals surface area contributed by atoms with E-state index in [-0.39, 0.29) is 6.61 Å². The van der Waals surface area contributed by atoms with Crippen molar-refractivity contribution in [1.29, 1.82) is 0 Å². The molecular weight excluding hydrogens is 266 g/mol. The maximum Gasteiger partial charge on any atom is 0.194 e. The van der Waals surface area contributed by atoms with Gasteiger partial charge in [-0.1, -0.05) is 0 Å². The van der Waals surface area contributed by atoms with E-state index in [4.69, 9.17) is 21.1 Å². The predicted molar refractivity (Wildman–Crippen MR) is 71.9 cm³/mol. The van der Waals surface area contributed by atoms with Crippen LogP contribution in [-0.2, 0) is 6.54 Å². The van der Waals surface area contributed by atoms with E-state index in [2.05, 4.69) is 9.97 Å². The number of halogens is 1. The Morgan fingerprint density at radius 1 is 1.32 bits per heavy atom. The van der Waals surface area contributed by atoms with Crippen LogP contribution < -0.4 is 0 Å². The van der Waals surface area contributed by atoms with Gasteiger partial charge in [0.25, 0.3) is 0 Å². The normalized spacial score (nSPS) is 11.3. The highest BCUT2D eigenvalue weighted by Gasteiger charge is 2.15. The highest BCUT2D eigenvalue weighted by Crippen LogP contribution is 2.27. The first-order chi connectivity index (χ1) is 9.29. The van der Waals surface area contributed by atoms with E-state index in [0.717, 1.165) is 11.2 Å². The summed E-state index contributed by atoms with van der Waals surface area (Å²) in [5.74, 6) is 1.27. The molecule has 0 bridgehead atoms. The van der Waals surface area contributed by atoms with Crippen LogP contribution >= 0.6 is 11.6 Å². The molecule has 0 fully saturated rings. The molecule has 19 heavy (non-hydrogen) atoms. The molecule has 0 saturated carbocycles.